The molecule has 0 bridgehead atoms. The number of rotatable bonds is 6. The number of methoxy groups -OCH3 is 1. The molecular formula is C22H28N2O3S. The average molecular weight is 401 g/mol. The van der Waals surface area contributed by atoms with Crippen LogP contribution in [0.15, 0.2) is 53.4 Å². The lowest BCUT2D eigenvalue weighted by Gasteiger charge is -2.30. The van der Waals surface area contributed by atoms with Gasteiger partial charge in [0.2, 0.25) is 0 Å². The highest BCUT2D eigenvalue weighted by atomic mass is 32.2. The minimum Gasteiger partial charge on any atom is -0.497 e. The van der Waals surface area contributed by atoms with Crippen molar-refractivity contribution in [3.63, 3.8) is 0 Å². The Morgan fingerprint density at radius 3 is 2.54 bits per heavy atom. The van der Waals surface area contributed by atoms with Crippen molar-refractivity contribution in [3.05, 3.63) is 54.1 Å². The summed E-state index contributed by atoms with van der Waals surface area (Å²) < 4.78 is 11.1. The topological polar surface area (TPSA) is 42.0 Å². The molecule has 1 heterocycles. The Bertz CT molecular complexity index is 795. The maximum Gasteiger partial charge on any atom is 0.303 e. The van der Waals surface area contributed by atoms with Crippen LogP contribution >= 0.6 is 11.8 Å². The number of ether oxygens (including phenoxy) is 2. The molecule has 6 heteroatoms. The van der Waals surface area contributed by atoms with Crippen LogP contribution in [-0.4, -0.2) is 57.8 Å². The molecule has 2 aromatic carbocycles. The zero-order valence-electron chi connectivity index (χ0n) is 16.9. The molecule has 1 aliphatic heterocycles. The van der Waals surface area contributed by atoms with Gasteiger partial charge >= 0.3 is 5.97 Å². The van der Waals surface area contributed by atoms with Gasteiger partial charge in [-0.2, -0.15) is 0 Å². The molecule has 28 heavy (non-hydrogen) atoms. The van der Waals surface area contributed by atoms with E-state index in [2.05, 4.69) is 60.3 Å². The molecule has 0 amide bonds. The van der Waals surface area contributed by atoms with Crippen LogP contribution in [0.3, 0.4) is 0 Å². The van der Waals surface area contributed by atoms with Gasteiger partial charge in [0.1, 0.15) is 11.9 Å². The number of anilines is 1. The second-order valence-electron chi connectivity index (χ2n) is 7.18. The van der Waals surface area contributed by atoms with E-state index < -0.39 is 0 Å². The number of thioether (sulfide) groups is 1. The van der Waals surface area contributed by atoms with E-state index in [0.29, 0.717) is 6.54 Å². The normalized spacial score (nSPS) is 19.1. The highest BCUT2D eigenvalue weighted by Gasteiger charge is 2.33. The van der Waals surface area contributed by atoms with E-state index in [1.54, 1.807) is 18.9 Å². The van der Waals surface area contributed by atoms with Crippen LogP contribution < -0.4 is 9.64 Å². The molecule has 150 valence electrons. The zero-order valence-corrected chi connectivity index (χ0v) is 17.7. The van der Waals surface area contributed by atoms with Crippen molar-refractivity contribution < 1.29 is 14.3 Å². The van der Waals surface area contributed by atoms with Gasteiger partial charge in [-0.3, -0.25) is 4.79 Å². The standard InChI is InChI=1S/C22H28N2O3S/c1-16(25)27-20-15-24(14-13-23(2)3)19-7-5-6-8-21(19)28-22(20)17-9-11-18(26-4)12-10-17/h5-12,20,22H,13-15H2,1-4H3/t20-,22+/m0/s1. The first-order valence-corrected chi connectivity index (χ1v) is 10.3. The molecule has 0 aromatic heterocycles. The average Bonchev–Trinajstić information content (AvgIpc) is 2.83. The number of hydrogen-bond donors (Lipinski definition) is 0. The van der Waals surface area contributed by atoms with Gasteiger partial charge in [-0.05, 0) is 43.9 Å². The van der Waals surface area contributed by atoms with E-state index in [1.807, 2.05) is 12.1 Å². The first kappa shape index (κ1) is 20.6. The van der Waals surface area contributed by atoms with Crippen LogP contribution in [0, 0.1) is 0 Å². The monoisotopic (exact) mass is 400 g/mol. The molecule has 2 atom stereocenters. The first-order chi connectivity index (χ1) is 13.5. The minimum atomic E-state index is -0.248. The van der Waals surface area contributed by atoms with Crippen LogP contribution in [0.4, 0.5) is 5.69 Å². The van der Waals surface area contributed by atoms with Gasteiger partial charge in [0, 0.05) is 24.9 Å². The van der Waals surface area contributed by atoms with Gasteiger partial charge < -0.3 is 19.3 Å². The Kier molecular flexibility index (Phi) is 6.86. The van der Waals surface area contributed by atoms with Gasteiger partial charge in [-0.25, -0.2) is 0 Å². The number of likely N-dealkylation sites (N-methyl/N-ethyl adjacent to an activating group) is 1. The van der Waals surface area contributed by atoms with Crippen molar-refractivity contribution in [2.24, 2.45) is 0 Å². The van der Waals surface area contributed by atoms with Crippen LogP contribution in [0.5, 0.6) is 5.75 Å². The van der Waals surface area contributed by atoms with E-state index in [9.17, 15) is 4.79 Å². The Morgan fingerprint density at radius 1 is 1.18 bits per heavy atom. The Morgan fingerprint density at radius 2 is 1.89 bits per heavy atom. The SMILES string of the molecule is COc1ccc([C@H]2Sc3ccccc3N(CCN(C)C)C[C@@H]2OC(C)=O)cc1. The Hall–Kier alpha value is -2.18. The van der Waals surface area contributed by atoms with E-state index in [0.717, 1.165) is 24.4 Å². The summed E-state index contributed by atoms with van der Waals surface area (Å²) in [6.07, 6.45) is -0.245. The summed E-state index contributed by atoms with van der Waals surface area (Å²) in [6, 6.07) is 16.5. The maximum atomic E-state index is 11.9. The van der Waals surface area contributed by atoms with Gasteiger partial charge in [0.05, 0.1) is 24.6 Å². The molecule has 0 unspecified atom stereocenters. The summed E-state index contributed by atoms with van der Waals surface area (Å²) in [6.45, 7) is 3.95. The summed E-state index contributed by atoms with van der Waals surface area (Å²) in [4.78, 5) is 17.6. The maximum absolute atomic E-state index is 11.9. The summed E-state index contributed by atoms with van der Waals surface area (Å²) >= 11 is 1.76. The Balaban J connectivity index is 1.97. The molecule has 0 radical (unpaired) electrons. The molecule has 0 spiro atoms. The van der Waals surface area contributed by atoms with E-state index in [-0.39, 0.29) is 17.3 Å². The van der Waals surface area contributed by atoms with Crippen LogP contribution in [0.1, 0.15) is 17.7 Å². The molecule has 0 fully saturated rings. The predicted octanol–water partition coefficient (Wildman–Crippen LogP) is 3.84. The van der Waals surface area contributed by atoms with Crippen molar-refractivity contribution in [1.29, 1.82) is 0 Å². The van der Waals surface area contributed by atoms with E-state index in [4.69, 9.17) is 9.47 Å². The van der Waals surface area contributed by atoms with Crippen LogP contribution in [0.25, 0.3) is 0 Å². The summed E-state index contributed by atoms with van der Waals surface area (Å²) in [5.74, 6) is 0.571. The molecule has 5 nitrogen and oxygen atoms in total. The smallest absolute Gasteiger partial charge is 0.303 e. The van der Waals surface area contributed by atoms with E-state index in [1.165, 1.54) is 17.5 Å². The highest BCUT2D eigenvalue weighted by molar-refractivity contribution is 7.99. The predicted molar refractivity (Wildman–Crippen MR) is 114 cm³/mol. The van der Waals surface area contributed by atoms with Gasteiger partial charge in [0.25, 0.3) is 0 Å². The number of nitrogens with zero attached hydrogens (tertiary/aromatic N) is 2. The number of fused-ring (bicyclic) bond motifs is 1. The van der Waals surface area contributed by atoms with Gasteiger partial charge in [0.15, 0.2) is 0 Å². The highest BCUT2D eigenvalue weighted by Crippen LogP contribution is 2.46. The lowest BCUT2D eigenvalue weighted by molar-refractivity contribution is -0.145. The molecule has 3 rings (SSSR count). The molecular weight excluding hydrogens is 372 g/mol. The van der Waals surface area contributed by atoms with Crippen LogP contribution in [0.2, 0.25) is 0 Å². The second-order valence-corrected chi connectivity index (χ2v) is 8.36. The fourth-order valence-corrected chi connectivity index (χ4v) is 4.70. The van der Waals surface area contributed by atoms with Crippen molar-refractivity contribution in [1.82, 2.24) is 4.90 Å². The van der Waals surface area contributed by atoms with Crippen molar-refractivity contribution >= 4 is 23.4 Å². The number of carbonyl (C=O) groups is 1. The summed E-state index contributed by atoms with van der Waals surface area (Å²) in [5.41, 5.74) is 2.32. The van der Waals surface area contributed by atoms with Crippen molar-refractivity contribution in [3.8, 4) is 5.75 Å². The molecule has 0 saturated carbocycles. The number of para-hydroxylation sites is 1. The third kappa shape index (κ3) is 5.00. The fraction of sp³-hybridized carbons (Fsp3) is 0.409. The second kappa shape index (κ2) is 9.34. The number of hydrogen-bond acceptors (Lipinski definition) is 6. The molecule has 0 aliphatic carbocycles. The third-order valence-corrected chi connectivity index (χ3v) is 6.21. The molecule has 0 N–H and O–H groups in total. The lowest BCUT2D eigenvalue weighted by atomic mass is 10.1. The number of carbonyl (C=O) groups excluding carboxylic acids is 1. The van der Waals surface area contributed by atoms with Crippen LogP contribution in [-0.2, 0) is 9.53 Å². The summed E-state index contributed by atoms with van der Waals surface area (Å²) in [5, 5.41) is 0.0142. The molecule has 0 saturated heterocycles. The molecule has 2 aromatic rings. The quantitative estimate of drug-likeness (QED) is 0.687. The molecule has 1 aliphatic rings. The Labute approximate surface area is 171 Å². The van der Waals surface area contributed by atoms with Gasteiger partial charge in [-0.15, -0.1) is 11.8 Å². The summed E-state index contributed by atoms with van der Waals surface area (Å²) in [7, 11) is 5.81. The van der Waals surface area contributed by atoms with Crippen molar-refractivity contribution in [2.45, 2.75) is 23.2 Å². The fourth-order valence-electron chi connectivity index (χ4n) is 3.36. The van der Waals surface area contributed by atoms with E-state index >= 15 is 0 Å². The largest absolute Gasteiger partial charge is 0.497 e. The third-order valence-electron chi connectivity index (χ3n) is 4.78. The zero-order chi connectivity index (χ0) is 20.1. The first-order valence-electron chi connectivity index (χ1n) is 9.44. The lowest BCUT2D eigenvalue weighted by Crippen LogP contribution is -2.39. The van der Waals surface area contributed by atoms with Gasteiger partial charge in [-0.1, -0.05) is 24.3 Å². The number of benzene rings is 2. The van der Waals surface area contributed by atoms with Crippen molar-refractivity contribution in [2.75, 3.05) is 45.7 Å². The number of esters is 1. The minimum absolute atomic E-state index is 0.0142.